The quantitative estimate of drug-likeness (QED) is 0.794. The van der Waals surface area contributed by atoms with E-state index >= 15 is 0 Å². The van der Waals surface area contributed by atoms with E-state index in [1.54, 1.807) is 0 Å². The number of nitrogens with one attached hydrogen (secondary N) is 1. The Hall–Kier alpha value is -0.420. The maximum absolute atomic E-state index is 12.9. The standard InChI is InChI=1S/C13H14Br2FNO/c14-11-3-1-2-8(11)7-17-13(18)10-5-4-9(16)6-12(10)15/h4-6,8,11H,1-3,7H2,(H,17,18). The number of carbonyl (C=O) groups excluding carboxylic acids is 1. The van der Waals surface area contributed by atoms with Crippen LogP contribution in [0.4, 0.5) is 4.39 Å². The number of hydrogen-bond acceptors (Lipinski definition) is 1. The van der Waals surface area contributed by atoms with Crippen LogP contribution in [0, 0.1) is 11.7 Å². The Labute approximate surface area is 123 Å². The average Bonchev–Trinajstić information content (AvgIpc) is 2.72. The summed E-state index contributed by atoms with van der Waals surface area (Å²) in [6.07, 6.45) is 3.51. The number of carbonyl (C=O) groups is 1. The van der Waals surface area contributed by atoms with Gasteiger partial charge in [0.25, 0.3) is 5.91 Å². The number of rotatable bonds is 3. The number of alkyl halides is 1. The van der Waals surface area contributed by atoms with E-state index in [1.807, 2.05) is 0 Å². The smallest absolute Gasteiger partial charge is 0.252 e. The molecule has 0 heterocycles. The molecule has 0 aliphatic heterocycles. The fourth-order valence-electron chi connectivity index (χ4n) is 2.21. The Balaban J connectivity index is 1.95. The third-order valence-electron chi connectivity index (χ3n) is 3.27. The molecule has 0 saturated heterocycles. The first-order valence-corrected chi connectivity index (χ1v) is 7.66. The van der Waals surface area contributed by atoms with Crippen molar-refractivity contribution in [1.29, 1.82) is 0 Å². The maximum atomic E-state index is 12.9. The maximum Gasteiger partial charge on any atom is 0.252 e. The van der Waals surface area contributed by atoms with Crippen LogP contribution < -0.4 is 5.32 Å². The molecule has 2 nitrogen and oxygen atoms in total. The van der Waals surface area contributed by atoms with Crippen molar-refractivity contribution < 1.29 is 9.18 Å². The Morgan fingerprint density at radius 2 is 2.22 bits per heavy atom. The Bertz CT molecular complexity index is 453. The molecule has 1 amide bonds. The van der Waals surface area contributed by atoms with Crippen molar-refractivity contribution in [3.05, 3.63) is 34.1 Å². The molecule has 1 aliphatic carbocycles. The molecule has 2 unspecified atom stereocenters. The largest absolute Gasteiger partial charge is 0.352 e. The molecule has 5 heteroatoms. The van der Waals surface area contributed by atoms with Crippen molar-refractivity contribution in [2.24, 2.45) is 5.92 Å². The van der Waals surface area contributed by atoms with Gasteiger partial charge in [0.05, 0.1) is 5.56 Å². The highest BCUT2D eigenvalue weighted by molar-refractivity contribution is 9.10. The minimum Gasteiger partial charge on any atom is -0.352 e. The predicted octanol–water partition coefficient (Wildman–Crippen LogP) is 3.88. The van der Waals surface area contributed by atoms with Gasteiger partial charge in [0, 0.05) is 15.8 Å². The molecule has 0 aromatic heterocycles. The highest BCUT2D eigenvalue weighted by Crippen LogP contribution is 2.31. The van der Waals surface area contributed by atoms with Gasteiger partial charge in [0.2, 0.25) is 0 Å². The van der Waals surface area contributed by atoms with Crippen molar-refractivity contribution in [3.8, 4) is 0 Å². The molecule has 0 bridgehead atoms. The zero-order valence-corrected chi connectivity index (χ0v) is 12.9. The van der Waals surface area contributed by atoms with Crippen LogP contribution in [-0.2, 0) is 0 Å². The topological polar surface area (TPSA) is 29.1 Å². The van der Waals surface area contributed by atoms with Gasteiger partial charge in [-0.25, -0.2) is 4.39 Å². The van der Waals surface area contributed by atoms with Gasteiger partial charge in [-0.3, -0.25) is 4.79 Å². The normalized spacial score (nSPS) is 23.1. The van der Waals surface area contributed by atoms with Gasteiger partial charge in [-0.05, 0) is 52.9 Å². The zero-order chi connectivity index (χ0) is 13.1. The molecule has 2 rings (SSSR count). The first-order chi connectivity index (χ1) is 8.58. The number of amides is 1. The monoisotopic (exact) mass is 377 g/mol. The summed E-state index contributed by atoms with van der Waals surface area (Å²) in [5.41, 5.74) is 0.473. The van der Waals surface area contributed by atoms with E-state index < -0.39 is 0 Å². The molecule has 0 radical (unpaired) electrons. The summed E-state index contributed by atoms with van der Waals surface area (Å²) in [4.78, 5) is 12.5. The second-order valence-corrected chi connectivity index (χ2v) is 6.57. The summed E-state index contributed by atoms with van der Waals surface area (Å²) in [5, 5.41) is 2.91. The van der Waals surface area contributed by atoms with Gasteiger partial charge < -0.3 is 5.32 Å². The van der Waals surface area contributed by atoms with E-state index in [4.69, 9.17) is 0 Å². The summed E-state index contributed by atoms with van der Waals surface area (Å²) in [6.45, 7) is 0.665. The molecular formula is C13H14Br2FNO. The third kappa shape index (κ3) is 3.32. The lowest BCUT2D eigenvalue weighted by Crippen LogP contribution is -2.31. The molecule has 1 fully saturated rings. The van der Waals surface area contributed by atoms with Crippen LogP contribution >= 0.6 is 31.9 Å². The SMILES string of the molecule is O=C(NCC1CCCC1Br)c1ccc(F)cc1Br. The fourth-order valence-corrected chi connectivity index (χ4v) is 3.52. The molecule has 1 saturated carbocycles. The Morgan fingerprint density at radius 1 is 1.44 bits per heavy atom. The van der Waals surface area contributed by atoms with Gasteiger partial charge in [-0.15, -0.1) is 0 Å². The molecule has 1 N–H and O–H groups in total. The lowest BCUT2D eigenvalue weighted by Gasteiger charge is -2.15. The molecule has 1 aromatic rings. The third-order valence-corrected chi connectivity index (χ3v) is 5.13. The minimum atomic E-state index is -0.352. The lowest BCUT2D eigenvalue weighted by atomic mass is 10.1. The van der Waals surface area contributed by atoms with E-state index in [-0.39, 0.29) is 11.7 Å². The van der Waals surface area contributed by atoms with E-state index in [9.17, 15) is 9.18 Å². The predicted molar refractivity (Wildman–Crippen MR) is 76.5 cm³/mol. The van der Waals surface area contributed by atoms with E-state index in [1.165, 1.54) is 31.0 Å². The summed E-state index contributed by atoms with van der Waals surface area (Å²) in [6, 6.07) is 4.09. The molecule has 0 spiro atoms. The highest BCUT2D eigenvalue weighted by atomic mass is 79.9. The van der Waals surface area contributed by atoms with E-state index in [2.05, 4.69) is 37.2 Å². The molecule has 1 aliphatic rings. The van der Waals surface area contributed by atoms with Crippen molar-refractivity contribution in [2.45, 2.75) is 24.1 Å². The fraction of sp³-hybridized carbons (Fsp3) is 0.462. The molecular weight excluding hydrogens is 365 g/mol. The van der Waals surface area contributed by atoms with Gasteiger partial charge in [-0.2, -0.15) is 0 Å². The molecule has 1 aromatic carbocycles. The van der Waals surface area contributed by atoms with Crippen molar-refractivity contribution in [1.82, 2.24) is 5.32 Å². The van der Waals surface area contributed by atoms with E-state index in [0.717, 1.165) is 6.42 Å². The second kappa shape index (κ2) is 6.15. The molecule has 18 heavy (non-hydrogen) atoms. The molecule has 98 valence electrons. The van der Waals surface area contributed by atoms with Crippen LogP contribution in [0.5, 0.6) is 0 Å². The van der Waals surface area contributed by atoms with Gasteiger partial charge in [0.1, 0.15) is 5.82 Å². The summed E-state index contributed by atoms with van der Waals surface area (Å²) >= 11 is 6.83. The van der Waals surface area contributed by atoms with Gasteiger partial charge in [0.15, 0.2) is 0 Å². The van der Waals surface area contributed by atoms with E-state index in [0.29, 0.717) is 27.3 Å². The van der Waals surface area contributed by atoms with Gasteiger partial charge >= 0.3 is 0 Å². The first kappa shape index (κ1) is 14.0. The van der Waals surface area contributed by atoms with Crippen LogP contribution in [0.3, 0.4) is 0 Å². The highest BCUT2D eigenvalue weighted by Gasteiger charge is 2.25. The molecule has 2 atom stereocenters. The van der Waals surface area contributed by atoms with Gasteiger partial charge in [-0.1, -0.05) is 22.4 Å². The zero-order valence-electron chi connectivity index (χ0n) is 9.76. The summed E-state index contributed by atoms with van der Waals surface area (Å²) in [5.74, 6) is -0.0172. The minimum absolute atomic E-state index is 0.159. The average molecular weight is 379 g/mol. The second-order valence-electron chi connectivity index (χ2n) is 4.54. The lowest BCUT2D eigenvalue weighted by molar-refractivity contribution is 0.0947. The Kier molecular flexibility index (Phi) is 4.78. The summed E-state index contributed by atoms with van der Waals surface area (Å²) < 4.78 is 13.4. The van der Waals surface area contributed by atoms with Crippen molar-refractivity contribution >= 4 is 37.8 Å². The van der Waals surface area contributed by atoms with Crippen LogP contribution in [0.15, 0.2) is 22.7 Å². The number of benzene rings is 1. The van der Waals surface area contributed by atoms with Crippen molar-refractivity contribution in [2.75, 3.05) is 6.54 Å². The van der Waals surface area contributed by atoms with Crippen LogP contribution in [0.25, 0.3) is 0 Å². The Morgan fingerprint density at radius 3 is 2.83 bits per heavy atom. The number of halogens is 3. The first-order valence-electron chi connectivity index (χ1n) is 5.95. The summed E-state index contributed by atoms with van der Waals surface area (Å²) in [7, 11) is 0. The van der Waals surface area contributed by atoms with Crippen LogP contribution in [0.2, 0.25) is 0 Å². The van der Waals surface area contributed by atoms with Crippen LogP contribution in [-0.4, -0.2) is 17.3 Å². The number of hydrogen-bond donors (Lipinski definition) is 1. The van der Waals surface area contributed by atoms with Crippen molar-refractivity contribution in [3.63, 3.8) is 0 Å². The van der Waals surface area contributed by atoms with Crippen LogP contribution in [0.1, 0.15) is 29.6 Å².